The SMILES string of the molecule is Cc1ccc(CCC(=O)Nc2c(Cl)n(CC#Cc3ccccc3)c(=O)n(C)c2=O)cc1. The van der Waals surface area contributed by atoms with Crippen LogP contribution in [0.2, 0.25) is 5.15 Å². The van der Waals surface area contributed by atoms with Gasteiger partial charge in [0.2, 0.25) is 5.91 Å². The summed E-state index contributed by atoms with van der Waals surface area (Å²) in [5.74, 6) is 5.46. The lowest BCUT2D eigenvalue weighted by molar-refractivity contribution is -0.116. The number of benzene rings is 2. The molecule has 1 N–H and O–H groups in total. The van der Waals surface area contributed by atoms with Gasteiger partial charge in [-0.3, -0.25) is 18.7 Å². The summed E-state index contributed by atoms with van der Waals surface area (Å²) in [5.41, 5.74) is 1.56. The number of aromatic nitrogens is 2. The number of carbonyl (C=O) groups is 1. The van der Waals surface area contributed by atoms with Crippen LogP contribution in [0.4, 0.5) is 5.69 Å². The van der Waals surface area contributed by atoms with Crippen LogP contribution in [-0.4, -0.2) is 15.0 Å². The van der Waals surface area contributed by atoms with E-state index >= 15 is 0 Å². The summed E-state index contributed by atoms with van der Waals surface area (Å²) >= 11 is 6.32. The van der Waals surface area contributed by atoms with Crippen LogP contribution in [0.5, 0.6) is 0 Å². The van der Waals surface area contributed by atoms with E-state index in [-0.39, 0.29) is 29.7 Å². The molecule has 1 aromatic heterocycles. The maximum Gasteiger partial charge on any atom is 0.332 e. The molecule has 0 spiro atoms. The zero-order valence-electron chi connectivity index (χ0n) is 17.3. The van der Waals surface area contributed by atoms with Gasteiger partial charge in [-0.05, 0) is 31.0 Å². The van der Waals surface area contributed by atoms with Crippen molar-refractivity contribution < 1.29 is 4.79 Å². The molecule has 0 saturated heterocycles. The van der Waals surface area contributed by atoms with Crippen molar-refractivity contribution in [1.82, 2.24) is 9.13 Å². The van der Waals surface area contributed by atoms with Gasteiger partial charge in [-0.15, -0.1) is 0 Å². The molecule has 0 aliphatic heterocycles. The van der Waals surface area contributed by atoms with Gasteiger partial charge in [-0.25, -0.2) is 4.79 Å². The summed E-state index contributed by atoms with van der Waals surface area (Å²) in [5, 5.41) is 2.42. The fourth-order valence-corrected chi connectivity index (χ4v) is 3.20. The number of anilines is 1. The standard InChI is InChI=1S/C24H22ClN3O3/c1-17-10-12-19(13-11-17)14-15-20(29)26-21-22(25)28(24(31)27(2)23(21)30)16-6-9-18-7-4-3-5-8-18/h3-5,7-8,10-13H,14-16H2,1-2H3,(H,26,29). The highest BCUT2D eigenvalue weighted by Gasteiger charge is 2.17. The van der Waals surface area contributed by atoms with Crippen LogP contribution in [-0.2, 0) is 24.8 Å². The number of hydrogen-bond donors (Lipinski definition) is 1. The Kier molecular flexibility index (Phi) is 7.11. The molecule has 0 aliphatic carbocycles. The number of carbonyl (C=O) groups excluding carboxylic acids is 1. The van der Waals surface area contributed by atoms with Gasteiger partial charge >= 0.3 is 5.69 Å². The number of hydrogen-bond acceptors (Lipinski definition) is 3. The van der Waals surface area contributed by atoms with Crippen LogP contribution in [0.25, 0.3) is 0 Å². The molecule has 0 aliphatic rings. The van der Waals surface area contributed by atoms with Crippen molar-refractivity contribution in [2.45, 2.75) is 26.3 Å². The average molecular weight is 436 g/mol. The molecule has 0 saturated carbocycles. The van der Waals surface area contributed by atoms with E-state index in [0.717, 1.165) is 25.8 Å². The molecule has 1 heterocycles. The fourth-order valence-electron chi connectivity index (χ4n) is 2.94. The highest BCUT2D eigenvalue weighted by atomic mass is 35.5. The maximum atomic E-state index is 12.5. The van der Waals surface area contributed by atoms with Crippen molar-refractivity contribution in [3.8, 4) is 11.8 Å². The van der Waals surface area contributed by atoms with Gasteiger partial charge in [0.15, 0.2) is 0 Å². The lowest BCUT2D eigenvalue weighted by Crippen LogP contribution is -2.40. The molecule has 3 rings (SSSR count). The summed E-state index contributed by atoms with van der Waals surface area (Å²) in [4.78, 5) is 37.4. The fraction of sp³-hybridized carbons (Fsp3) is 0.208. The van der Waals surface area contributed by atoms with Crippen molar-refractivity contribution in [1.29, 1.82) is 0 Å². The minimum absolute atomic E-state index is 0.0209. The van der Waals surface area contributed by atoms with Crippen LogP contribution in [0.3, 0.4) is 0 Å². The van der Waals surface area contributed by atoms with E-state index in [1.807, 2.05) is 61.5 Å². The second kappa shape index (κ2) is 9.96. The van der Waals surface area contributed by atoms with Crippen LogP contribution >= 0.6 is 11.6 Å². The summed E-state index contributed by atoms with van der Waals surface area (Å²) in [7, 11) is 1.34. The molecule has 7 heteroatoms. The zero-order chi connectivity index (χ0) is 22.4. The van der Waals surface area contributed by atoms with Gasteiger partial charge in [0.25, 0.3) is 5.56 Å². The summed E-state index contributed by atoms with van der Waals surface area (Å²) in [6.07, 6.45) is 0.696. The minimum atomic E-state index is -0.661. The van der Waals surface area contributed by atoms with E-state index in [0.29, 0.717) is 6.42 Å². The molecule has 1 amide bonds. The first-order chi connectivity index (χ1) is 14.9. The van der Waals surface area contributed by atoms with Crippen LogP contribution in [0.15, 0.2) is 64.2 Å². The van der Waals surface area contributed by atoms with E-state index in [4.69, 9.17) is 11.6 Å². The summed E-state index contributed by atoms with van der Waals surface area (Å²) in [6.45, 7) is 1.97. The molecule has 31 heavy (non-hydrogen) atoms. The van der Waals surface area contributed by atoms with Crippen LogP contribution < -0.4 is 16.6 Å². The third-order valence-corrected chi connectivity index (χ3v) is 5.14. The first kappa shape index (κ1) is 22.1. The molecule has 0 bridgehead atoms. The quantitative estimate of drug-likeness (QED) is 0.494. The number of aryl methyl sites for hydroxylation is 2. The third-order valence-electron chi connectivity index (χ3n) is 4.75. The van der Waals surface area contributed by atoms with E-state index in [9.17, 15) is 14.4 Å². The largest absolute Gasteiger partial charge is 0.332 e. The monoisotopic (exact) mass is 435 g/mol. The van der Waals surface area contributed by atoms with Gasteiger partial charge in [0.05, 0.1) is 6.54 Å². The first-order valence-electron chi connectivity index (χ1n) is 9.75. The number of amides is 1. The van der Waals surface area contributed by atoms with Crippen molar-refractivity contribution in [3.05, 3.63) is 97.3 Å². The highest BCUT2D eigenvalue weighted by Crippen LogP contribution is 2.16. The number of nitrogens with zero attached hydrogens (tertiary/aromatic N) is 2. The van der Waals surface area contributed by atoms with Crippen molar-refractivity contribution in [2.75, 3.05) is 5.32 Å². The number of halogens is 1. The molecule has 0 fully saturated rings. The number of nitrogens with one attached hydrogen (secondary N) is 1. The predicted octanol–water partition coefficient (Wildman–Crippen LogP) is 3.13. The minimum Gasteiger partial charge on any atom is -0.319 e. The van der Waals surface area contributed by atoms with Crippen molar-refractivity contribution in [2.24, 2.45) is 7.05 Å². The molecular formula is C24H22ClN3O3. The molecule has 6 nitrogen and oxygen atoms in total. The topological polar surface area (TPSA) is 73.1 Å². The van der Waals surface area contributed by atoms with Gasteiger partial charge in [0.1, 0.15) is 10.8 Å². The molecule has 2 aromatic carbocycles. The van der Waals surface area contributed by atoms with E-state index < -0.39 is 11.2 Å². The Morgan fingerprint density at radius 2 is 1.74 bits per heavy atom. The summed E-state index contributed by atoms with van der Waals surface area (Å²) < 4.78 is 2.07. The smallest absolute Gasteiger partial charge is 0.319 e. The summed E-state index contributed by atoms with van der Waals surface area (Å²) in [6, 6.07) is 17.2. The Balaban J connectivity index is 1.79. The Bertz CT molecular complexity index is 1260. The van der Waals surface area contributed by atoms with Gasteiger partial charge in [0, 0.05) is 19.0 Å². The first-order valence-corrected chi connectivity index (χ1v) is 10.1. The lowest BCUT2D eigenvalue weighted by Gasteiger charge is -2.13. The van der Waals surface area contributed by atoms with Crippen LogP contribution in [0.1, 0.15) is 23.1 Å². The predicted molar refractivity (Wildman–Crippen MR) is 122 cm³/mol. The molecule has 0 unspecified atom stereocenters. The molecule has 0 radical (unpaired) electrons. The van der Waals surface area contributed by atoms with Gasteiger partial charge < -0.3 is 5.32 Å². The molecule has 3 aromatic rings. The normalized spacial score (nSPS) is 10.3. The Hall–Kier alpha value is -3.56. The van der Waals surface area contributed by atoms with Crippen molar-refractivity contribution in [3.63, 3.8) is 0 Å². The average Bonchev–Trinajstić information content (AvgIpc) is 2.78. The second-order valence-electron chi connectivity index (χ2n) is 7.10. The Morgan fingerprint density at radius 1 is 1.06 bits per heavy atom. The number of rotatable bonds is 5. The Labute approximate surface area is 185 Å². The molecular weight excluding hydrogens is 414 g/mol. The van der Waals surface area contributed by atoms with Gasteiger partial charge in [-0.1, -0.05) is 71.5 Å². The van der Waals surface area contributed by atoms with Crippen molar-refractivity contribution >= 4 is 23.2 Å². The molecule has 0 atom stereocenters. The third kappa shape index (κ3) is 5.53. The van der Waals surface area contributed by atoms with E-state index in [2.05, 4.69) is 17.2 Å². The van der Waals surface area contributed by atoms with Gasteiger partial charge in [-0.2, -0.15) is 0 Å². The lowest BCUT2D eigenvalue weighted by atomic mass is 10.1. The molecule has 158 valence electrons. The van der Waals surface area contributed by atoms with E-state index in [1.165, 1.54) is 7.05 Å². The van der Waals surface area contributed by atoms with Crippen LogP contribution in [0, 0.1) is 18.8 Å². The zero-order valence-corrected chi connectivity index (χ0v) is 18.1. The second-order valence-corrected chi connectivity index (χ2v) is 7.46. The highest BCUT2D eigenvalue weighted by molar-refractivity contribution is 6.32. The van der Waals surface area contributed by atoms with E-state index in [1.54, 1.807) is 0 Å². The Morgan fingerprint density at radius 3 is 2.42 bits per heavy atom. The maximum absolute atomic E-state index is 12.5.